The van der Waals surface area contributed by atoms with Crippen LogP contribution in [-0.2, 0) is 6.42 Å². The van der Waals surface area contributed by atoms with E-state index in [1.54, 1.807) is 6.07 Å². The third-order valence-corrected chi connectivity index (χ3v) is 3.55. The van der Waals surface area contributed by atoms with E-state index in [-0.39, 0.29) is 0 Å². The van der Waals surface area contributed by atoms with E-state index >= 15 is 0 Å². The van der Waals surface area contributed by atoms with Crippen molar-refractivity contribution in [3.05, 3.63) is 28.2 Å². The van der Waals surface area contributed by atoms with Crippen molar-refractivity contribution in [3.8, 4) is 5.75 Å². The third kappa shape index (κ3) is 6.67. The first kappa shape index (κ1) is 17.4. The first-order valence-electron chi connectivity index (χ1n) is 6.96. The average molecular weight is 345 g/mol. The maximum Gasteiger partial charge on any atom is 0.118 e. The quantitative estimate of drug-likeness (QED) is 0.396. The zero-order valence-electron chi connectivity index (χ0n) is 11.7. The van der Waals surface area contributed by atoms with Gasteiger partial charge in [0.05, 0.1) is 0 Å². The highest BCUT2D eigenvalue weighted by Gasteiger charge is 2.12. The first-order chi connectivity index (χ1) is 9.67. The number of aromatic hydroxyl groups is 1. The molecule has 1 aromatic carbocycles. The molecule has 0 fully saturated rings. The molecule has 0 bridgehead atoms. The van der Waals surface area contributed by atoms with Crippen LogP contribution in [0.25, 0.3) is 0 Å². The van der Waals surface area contributed by atoms with Gasteiger partial charge in [-0.3, -0.25) is 0 Å². The summed E-state index contributed by atoms with van der Waals surface area (Å²) >= 11 is 3.44. The number of hydrogen-bond acceptors (Lipinski definition) is 5. The predicted molar refractivity (Wildman–Crippen MR) is 86.8 cm³/mol. The fourth-order valence-electron chi connectivity index (χ4n) is 2.06. The Hall–Kier alpha value is -0.660. The van der Waals surface area contributed by atoms with E-state index in [1.165, 1.54) is 0 Å². The van der Waals surface area contributed by atoms with Gasteiger partial charge in [-0.15, -0.1) is 0 Å². The van der Waals surface area contributed by atoms with Crippen molar-refractivity contribution in [1.29, 1.82) is 0 Å². The number of hydrogen-bond donors (Lipinski definition) is 5. The van der Waals surface area contributed by atoms with Crippen LogP contribution in [0.2, 0.25) is 0 Å². The normalized spacial score (nSPS) is 11.2. The van der Waals surface area contributed by atoms with Gasteiger partial charge in [0.25, 0.3) is 0 Å². The van der Waals surface area contributed by atoms with E-state index in [4.69, 9.17) is 11.5 Å². The summed E-state index contributed by atoms with van der Waals surface area (Å²) in [6.45, 7) is 4.59. The summed E-state index contributed by atoms with van der Waals surface area (Å²) in [5.41, 5.74) is 11.9. The molecule has 1 aromatic rings. The van der Waals surface area contributed by atoms with Crippen molar-refractivity contribution in [2.24, 2.45) is 17.4 Å². The van der Waals surface area contributed by atoms with Crippen LogP contribution >= 0.6 is 15.9 Å². The Kier molecular flexibility index (Phi) is 8.80. The summed E-state index contributed by atoms with van der Waals surface area (Å²) < 4.78 is 0.980. The van der Waals surface area contributed by atoms with E-state index in [1.807, 2.05) is 12.1 Å². The van der Waals surface area contributed by atoms with Gasteiger partial charge in [-0.25, -0.2) is 0 Å². The molecule has 0 heterocycles. The largest absolute Gasteiger partial charge is 0.508 e. The lowest BCUT2D eigenvalue weighted by atomic mass is 9.98. The smallest absolute Gasteiger partial charge is 0.118 e. The Labute approximate surface area is 129 Å². The number of benzene rings is 1. The summed E-state index contributed by atoms with van der Waals surface area (Å²) in [4.78, 5) is 0. The van der Waals surface area contributed by atoms with E-state index in [2.05, 4.69) is 26.6 Å². The molecule has 0 aliphatic rings. The molecule has 7 N–H and O–H groups in total. The molecule has 1 rings (SSSR count). The van der Waals surface area contributed by atoms with Gasteiger partial charge < -0.3 is 27.2 Å². The molecule has 5 nitrogen and oxygen atoms in total. The molecule has 0 aliphatic heterocycles. The van der Waals surface area contributed by atoms with Gasteiger partial charge in [-0.2, -0.15) is 0 Å². The van der Waals surface area contributed by atoms with Crippen LogP contribution in [-0.4, -0.2) is 44.4 Å². The van der Waals surface area contributed by atoms with Crippen LogP contribution in [0.4, 0.5) is 0 Å². The molecule has 0 radical (unpaired) electrons. The van der Waals surface area contributed by atoms with Gasteiger partial charge in [-0.1, -0.05) is 15.9 Å². The number of nitrogens with two attached hydrogens (primary N) is 2. The van der Waals surface area contributed by atoms with E-state index in [9.17, 15) is 5.11 Å². The van der Waals surface area contributed by atoms with Crippen LogP contribution < -0.4 is 22.1 Å². The minimum Gasteiger partial charge on any atom is -0.508 e. The number of rotatable bonds is 10. The lowest BCUT2D eigenvalue weighted by Crippen LogP contribution is -2.36. The third-order valence-electron chi connectivity index (χ3n) is 3.06. The zero-order chi connectivity index (χ0) is 14.8. The van der Waals surface area contributed by atoms with Crippen molar-refractivity contribution >= 4 is 15.9 Å². The van der Waals surface area contributed by atoms with Crippen LogP contribution in [0.5, 0.6) is 5.75 Å². The Bertz CT molecular complexity index is 379. The highest BCUT2D eigenvalue weighted by molar-refractivity contribution is 9.10. The Morgan fingerprint density at radius 1 is 1.10 bits per heavy atom. The lowest BCUT2D eigenvalue weighted by molar-refractivity contribution is 0.425. The Morgan fingerprint density at radius 3 is 2.25 bits per heavy atom. The highest BCUT2D eigenvalue weighted by Crippen LogP contribution is 2.24. The number of phenols is 1. The second-order valence-electron chi connectivity index (χ2n) is 4.83. The summed E-state index contributed by atoms with van der Waals surface area (Å²) in [5, 5.41) is 16.6. The number of halogens is 1. The summed E-state index contributed by atoms with van der Waals surface area (Å²) in [6, 6.07) is 5.53. The molecule has 0 aromatic heterocycles. The number of nitrogens with one attached hydrogen (secondary N) is 2. The SMILES string of the molecule is NCCNCC(CNCCN)Cc1cc(Br)ccc1O. The summed E-state index contributed by atoms with van der Waals surface area (Å²) in [6.07, 6.45) is 0.806. The first-order valence-corrected chi connectivity index (χ1v) is 7.75. The second kappa shape index (κ2) is 10.1. The summed E-state index contributed by atoms with van der Waals surface area (Å²) in [5.74, 6) is 0.726. The van der Waals surface area contributed by atoms with Gasteiger partial charge >= 0.3 is 0 Å². The van der Waals surface area contributed by atoms with Crippen molar-refractivity contribution < 1.29 is 5.11 Å². The van der Waals surface area contributed by atoms with Crippen molar-refractivity contribution in [3.63, 3.8) is 0 Å². The topological polar surface area (TPSA) is 96.3 Å². The Balaban J connectivity index is 2.58. The van der Waals surface area contributed by atoms with Crippen LogP contribution in [0.3, 0.4) is 0 Å². The zero-order valence-corrected chi connectivity index (χ0v) is 13.3. The molecular weight excluding hydrogens is 320 g/mol. The van der Waals surface area contributed by atoms with Crippen LogP contribution in [0, 0.1) is 5.92 Å². The van der Waals surface area contributed by atoms with E-state index in [0.717, 1.165) is 42.6 Å². The number of phenolic OH excluding ortho intramolecular Hbond substituents is 1. The standard InChI is InChI=1S/C14H25BrN4O/c15-13-1-2-14(20)12(8-13)7-11(9-18-5-3-16)10-19-6-4-17/h1-2,8,11,18-20H,3-7,9-10,16-17H2. The molecule has 0 saturated carbocycles. The van der Waals surface area contributed by atoms with Crippen LogP contribution in [0.15, 0.2) is 22.7 Å². The second-order valence-corrected chi connectivity index (χ2v) is 5.74. The highest BCUT2D eigenvalue weighted by atomic mass is 79.9. The molecule has 0 atom stereocenters. The molecule has 0 spiro atoms. The van der Waals surface area contributed by atoms with Gasteiger partial charge in [-0.05, 0) is 49.2 Å². The molecule has 114 valence electrons. The molecule has 0 amide bonds. The molecule has 0 saturated heterocycles. The van der Waals surface area contributed by atoms with Gasteiger partial charge in [0.2, 0.25) is 0 Å². The molecule has 6 heteroatoms. The van der Waals surface area contributed by atoms with E-state index < -0.39 is 0 Å². The van der Waals surface area contributed by atoms with Gasteiger partial charge in [0, 0.05) is 30.7 Å². The fraction of sp³-hybridized carbons (Fsp3) is 0.571. The molecule has 0 aliphatic carbocycles. The van der Waals surface area contributed by atoms with Gasteiger partial charge in [0.1, 0.15) is 5.75 Å². The van der Waals surface area contributed by atoms with Gasteiger partial charge in [0.15, 0.2) is 0 Å². The average Bonchev–Trinajstić information content (AvgIpc) is 2.43. The molecule has 0 unspecified atom stereocenters. The Morgan fingerprint density at radius 2 is 1.70 bits per heavy atom. The maximum absolute atomic E-state index is 9.93. The summed E-state index contributed by atoms with van der Waals surface area (Å²) in [7, 11) is 0. The van der Waals surface area contributed by atoms with Crippen LogP contribution in [0.1, 0.15) is 5.56 Å². The lowest BCUT2D eigenvalue weighted by Gasteiger charge is -2.19. The fourth-order valence-corrected chi connectivity index (χ4v) is 2.47. The van der Waals surface area contributed by atoms with E-state index in [0.29, 0.717) is 24.8 Å². The predicted octanol–water partition coefficient (Wildman–Crippen LogP) is 0.410. The van der Waals surface area contributed by atoms with Crippen molar-refractivity contribution in [1.82, 2.24) is 10.6 Å². The maximum atomic E-state index is 9.93. The monoisotopic (exact) mass is 344 g/mol. The molecular formula is C14H25BrN4O. The van der Waals surface area contributed by atoms with Crippen molar-refractivity contribution in [2.45, 2.75) is 6.42 Å². The minimum atomic E-state index is 0.343. The minimum absolute atomic E-state index is 0.343. The van der Waals surface area contributed by atoms with Crippen molar-refractivity contribution in [2.75, 3.05) is 39.3 Å². The molecule has 20 heavy (non-hydrogen) atoms.